The lowest BCUT2D eigenvalue weighted by molar-refractivity contribution is 0.284. The van der Waals surface area contributed by atoms with Crippen molar-refractivity contribution in [2.45, 2.75) is 39.8 Å². The van der Waals surface area contributed by atoms with E-state index in [0.29, 0.717) is 12.5 Å². The third-order valence-electron chi connectivity index (χ3n) is 3.41. The molecule has 2 N–H and O–H groups in total. The molecule has 1 rings (SSSR count). The van der Waals surface area contributed by atoms with E-state index in [9.17, 15) is 0 Å². The molecule has 0 aliphatic rings. The maximum atomic E-state index is 6.08. The summed E-state index contributed by atoms with van der Waals surface area (Å²) in [6.45, 7) is 8.99. The van der Waals surface area contributed by atoms with Crippen molar-refractivity contribution in [1.82, 2.24) is 4.90 Å². The van der Waals surface area contributed by atoms with Crippen LogP contribution in [-0.2, 0) is 6.54 Å². The molecular formula is C16H28N2O. The number of nitrogens with two attached hydrogens (primary N) is 1. The first kappa shape index (κ1) is 16.0. The number of hydrogen-bond acceptors (Lipinski definition) is 3. The summed E-state index contributed by atoms with van der Waals surface area (Å²) in [6, 6.07) is 8.52. The summed E-state index contributed by atoms with van der Waals surface area (Å²) in [5.41, 5.74) is 7.33. The Kier molecular flexibility index (Phi) is 6.89. The Labute approximate surface area is 117 Å². The zero-order valence-corrected chi connectivity index (χ0v) is 12.7. The van der Waals surface area contributed by atoms with E-state index >= 15 is 0 Å². The van der Waals surface area contributed by atoms with Crippen LogP contribution in [0.2, 0.25) is 0 Å². The summed E-state index contributed by atoms with van der Waals surface area (Å²) in [5.74, 6) is 1.54. The van der Waals surface area contributed by atoms with E-state index in [1.807, 2.05) is 19.1 Å². The van der Waals surface area contributed by atoms with Gasteiger partial charge in [0.05, 0.1) is 6.61 Å². The second-order valence-corrected chi connectivity index (χ2v) is 5.48. The van der Waals surface area contributed by atoms with Gasteiger partial charge in [0.15, 0.2) is 0 Å². The van der Waals surface area contributed by atoms with Crippen molar-refractivity contribution in [2.75, 3.05) is 20.2 Å². The molecule has 0 bridgehead atoms. The first-order chi connectivity index (χ1) is 9.04. The molecule has 0 heterocycles. The fraction of sp³-hybridized carbons (Fsp3) is 0.625. The minimum Gasteiger partial charge on any atom is -0.494 e. The van der Waals surface area contributed by atoms with Crippen LogP contribution < -0.4 is 10.5 Å². The van der Waals surface area contributed by atoms with Crippen LogP contribution in [-0.4, -0.2) is 31.1 Å². The molecule has 3 heteroatoms. The van der Waals surface area contributed by atoms with E-state index < -0.39 is 0 Å². The van der Waals surface area contributed by atoms with Crippen molar-refractivity contribution in [3.8, 4) is 5.75 Å². The van der Waals surface area contributed by atoms with E-state index in [1.165, 1.54) is 5.56 Å². The second-order valence-electron chi connectivity index (χ2n) is 5.48. The van der Waals surface area contributed by atoms with Gasteiger partial charge in [0.2, 0.25) is 0 Å². The predicted molar refractivity (Wildman–Crippen MR) is 81.4 cm³/mol. The Hall–Kier alpha value is -1.06. The van der Waals surface area contributed by atoms with Crippen LogP contribution in [0.4, 0.5) is 0 Å². The molecule has 19 heavy (non-hydrogen) atoms. The lowest BCUT2D eigenvalue weighted by Gasteiger charge is -2.22. The SMILES string of the molecule is CCOc1ccccc1CN(C)CCC(N)C(C)C. The predicted octanol–water partition coefficient (Wildman–Crippen LogP) is 2.89. The van der Waals surface area contributed by atoms with Crippen molar-refractivity contribution in [1.29, 1.82) is 0 Å². The smallest absolute Gasteiger partial charge is 0.123 e. The van der Waals surface area contributed by atoms with E-state index in [1.54, 1.807) is 0 Å². The molecule has 0 spiro atoms. The molecule has 0 amide bonds. The molecule has 1 aromatic carbocycles. The van der Waals surface area contributed by atoms with Gasteiger partial charge in [-0.1, -0.05) is 32.0 Å². The lowest BCUT2D eigenvalue weighted by Crippen LogP contribution is -2.31. The van der Waals surface area contributed by atoms with Crippen molar-refractivity contribution in [2.24, 2.45) is 11.7 Å². The fourth-order valence-corrected chi connectivity index (χ4v) is 2.00. The molecule has 1 atom stereocenters. The van der Waals surface area contributed by atoms with Crippen LogP contribution in [0.25, 0.3) is 0 Å². The minimum atomic E-state index is 0.282. The van der Waals surface area contributed by atoms with Crippen LogP contribution >= 0.6 is 0 Å². The van der Waals surface area contributed by atoms with Crippen molar-refractivity contribution >= 4 is 0 Å². The van der Waals surface area contributed by atoms with Crippen molar-refractivity contribution in [3.05, 3.63) is 29.8 Å². The molecule has 0 aliphatic heterocycles. The second kappa shape index (κ2) is 8.18. The number of para-hydroxylation sites is 1. The van der Waals surface area contributed by atoms with Gasteiger partial charge in [-0.3, -0.25) is 0 Å². The minimum absolute atomic E-state index is 0.282. The van der Waals surface area contributed by atoms with Gasteiger partial charge in [-0.15, -0.1) is 0 Å². The number of nitrogens with zero attached hydrogens (tertiary/aromatic N) is 1. The van der Waals surface area contributed by atoms with E-state index in [2.05, 4.69) is 37.9 Å². The molecule has 1 aromatic rings. The number of benzene rings is 1. The molecule has 0 radical (unpaired) electrons. The molecule has 0 aliphatic carbocycles. The standard InChI is InChI=1S/C16H28N2O/c1-5-19-16-9-7-6-8-14(16)12-18(4)11-10-15(17)13(2)3/h6-9,13,15H,5,10-12,17H2,1-4H3. The average Bonchev–Trinajstić information content (AvgIpc) is 2.38. The van der Waals surface area contributed by atoms with E-state index in [4.69, 9.17) is 10.5 Å². The highest BCUT2D eigenvalue weighted by molar-refractivity contribution is 5.33. The maximum absolute atomic E-state index is 6.08. The highest BCUT2D eigenvalue weighted by atomic mass is 16.5. The Balaban J connectivity index is 2.50. The summed E-state index contributed by atoms with van der Waals surface area (Å²) in [5, 5.41) is 0. The topological polar surface area (TPSA) is 38.5 Å². The number of rotatable bonds is 8. The van der Waals surface area contributed by atoms with Gasteiger partial charge in [0.1, 0.15) is 5.75 Å². The Bertz CT molecular complexity index is 366. The van der Waals surface area contributed by atoms with Crippen molar-refractivity contribution < 1.29 is 4.74 Å². The van der Waals surface area contributed by atoms with Gasteiger partial charge in [-0.25, -0.2) is 0 Å². The normalized spacial score (nSPS) is 13.0. The molecule has 3 nitrogen and oxygen atoms in total. The van der Waals surface area contributed by atoms with Gasteiger partial charge >= 0.3 is 0 Å². The lowest BCUT2D eigenvalue weighted by atomic mass is 10.0. The van der Waals surface area contributed by atoms with Gasteiger partial charge in [0.25, 0.3) is 0 Å². The van der Waals surface area contributed by atoms with Crippen LogP contribution in [0.5, 0.6) is 5.75 Å². The molecule has 0 saturated heterocycles. The molecule has 0 saturated carbocycles. The zero-order chi connectivity index (χ0) is 14.3. The highest BCUT2D eigenvalue weighted by Gasteiger charge is 2.10. The Morgan fingerprint density at radius 1 is 1.26 bits per heavy atom. The van der Waals surface area contributed by atoms with E-state index in [0.717, 1.165) is 25.3 Å². The first-order valence-corrected chi connectivity index (χ1v) is 7.19. The Morgan fingerprint density at radius 2 is 1.95 bits per heavy atom. The van der Waals surface area contributed by atoms with Crippen LogP contribution in [0.15, 0.2) is 24.3 Å². The Morgan fingerprint density at radius 3 is 2.58 bits per heavy atom. The summed E-state index contributed by atoms with van der Waals surface area (Å²) in [6.07, 6.45) is 1.03. The van der Waals surface area contributed by atoms with Gasteiger partial charge in [-0.05, 0) is 38.9 Å². The third kappa shape index (κ3) is 5.62. The van der Waals surface area contributed by atoms with Gasteiger partial charge in [0, 0.05) is 18.2 Å². The van der Waals surface area contributed by atoms with Gasteiger partial charge < -0.3 is 15.4 Å². The monoisotopic (exact) mass is 264 g/mol. The van der Waals surface area contributed by atoms with Crippen LogP contribution in [0.1, 0.15) is 32.8 Å². The highest BCUT2D eigenvalue weighted by Crippen LogP contribution is 2.19. The quantitative estimate of drug-likeness (QED) is 0.784. The van der Waals surface area contributed by atoms with Crippen LogP contribution in [0.3, 0.4) is 0 Å². The zero-order valence-electron chi connectivity index (χ0n) is 12.7. The average molecular weight is 264 g/mol. The summed E-state index contributed by atoms with van der Waals surface area (Å²) < 4.78 is 5.65. The summed E-state index contributed by atoms with van der Waals surface area (Å²) in [7, 11) is 2.13. The van der Waals surface area contributed by atoms with E-state index in [-0.39, 0.29) is 6.04 Å². The maximum Gasteiger partial charge on any atom is 0.123 e. The molecular weight excluding hydrogens is 236 g/mol. The van der Waals surface area contributed by atoms with Crippen LogP contribution in [0, 0.1) is 5.92 Å². The number of ether oxygens (including phenoxy) is 1. The molecule has 0 aromatic heterocycles. The first-order valence-electron chi connectivity index (χ1n) is 7.19. The fourth-order valence-electron chi connectivity index (χ4n) is 2.00. The summed E-state index contributed by atoms with van der Waals surface area (Å²) in [4.78, 5) is 2.31. The third-order valence-corrected chi connectivity index (χ3v) is 3.41. The van der Waals surface area contributed by atoms with Crippen molar-refractivity contribution in [3.63, 3.8) is 0 Å². The summed E-state index contributed by atoms with van der Waals surface area (Å²) >= 11 is 0. The number of hydrogen-bond donors (Lipinski definition) is 1. The molecule has 108 valence electrons. The molecule has 1 unspecified atom stereocenters. The molecule has 0 fully saturated rings. The largest absolute Gasteiger partial charge is 0.494 e. The van der Waals surface area contributed by atoms with Gasteiger partial charge in [-0.2, -0.15) is 0 Å².